The van der Waals surface area contributed by atoms with Crippen molar-refractivity contribution in [3.05, 3.63) is 59.0 Å². The predicted octanol–water partition coefficient (Wildman–Crippen LogP) is 7.53. The maximum atomic E-state index is 13.0. The van der Waals surface area contributed by atoms with Crippen LogP contribution in [0.5, 0.6) is 0 Å². The van der Waals surface area contributed by atoms with Gasteiger partial charge in [-0.3, -0.25) is 4.90 Å². The Morgan fingerprint density at radius 1 is 1.06 bits per heavy atom. The van der Waals surface area contributed by atoms with Gasteiger partial charge in [0.15, 0.2) is 5.11 Å². The van der Waals surface area contributed by atoms with E-state index in [1.807, 2.05) is 12.1 Å². The molecule has 0 aliphatic carbocycles. The van der Waals surface area contributed by atoms with Crippen molar-refractivity contribution in [3.8, 4) is 0 Å². The second-order valence-electron chi connectivity index (χ2n) is 10.2. The third-order valence-electron chi connectivity index (χ3n) is 6.24. The maximum absolute atomic E-state index is 13.0. The molecule has 1 saturated heterocycles. The second-order valence-corrected chi connectivity index (χ2v) is 11.5. The summed E-state index contributed by atoms with van der Waals surface area (Å²) in [4.78, 5) is 4.18. The number of halogens is 3. The highest BCUT2D eigenvalue weighted by atomic mass is 32.1. The highest BCUT2D eigenvalue weighted by molar-refractivity contribution is 7.80. The minimum Gasteiger partial charge on any atom is -0.376 e. The number of piperidine rings is 1. The number of likely N-dealkylation sites (tertiary alicyclic amines) is 1. The number of benzene rings is 2. The van der Waals surface area contributed by atoms with E-state index in [1.54, 1.807) is 16.2 Å². The highest BCUT2D eigenvalue weighted by Crippen LogP contribution is 2.40. The number of thiophene rings is 1. The molecule has 0 atom stereocenters. The summed E-state index contributed by atoms with van der Waals surface area (Å²) in [5, 5.41) is 3.51. The molecule has 2 N–H and O–H groups in total. The van der Waals surface area contributed by atoms with Crippen LogP contribution in [0, 0.1) is 5.41 Å². The van der Waals surface area contributed by atoms with Crippen molar-refractivity contribution in [2.75, 3.05) is 24.5 Å². The van der Waals surface area contributed by atoms with Gasteiger partial charge in [0, 0.05) is 22.6 Å². The van der Waals surface area contributed by atoms with Crippen LogP contribution >= 0.6 is 23.6 Å². The molecular weight excluding hydrogens is 475 g/mol. The number of thiocarbonyl (C=S) groups is 1. The monoisotopic (exact) mass is 505 g/mol. The number of fused-ring (bicyclic) bond motifs is 1. The van der Waals surface area contributed by atoms with Gasteiger partial charge in [0.25, 0.3) is 0 Å². The molecule has 0 unspecified atom stereocenters. The van der Waals surface area contributed by atoms with E-state index in [1.165, 1.54) is 27.8 Å². The lowest BCUT2D eigenvalue weighted by molar-refractivity contribution is -0.137. The fourth-order valence-corrected chi connectivity index (χ4v) is 6.00. The van der Waals surface area contributed by atoms with Crippen LogP contribution < -0.4 is 10.6 Å². The van der Waals surface area contributed by atoms with Gasteiger partial charge in [-0.1, -0.05) is 20.8 Å². The highest BCUT2D eigenvalue weighted by Gasteiger charge is 2.30. The van der Waals surface area contributed by atoms with E-state index < -0.39 is 11.7 Å². The number of alkyl halides is 3. The summed E-state index contributed by atoms with van der Waals surface area (Å²) < 4.78 is 40.2. The van der Waals surface area contributed by atoms with E-state index >= 15 is 0 Å². The van der Waals surface area contributed by atoms with Crippen molar-refractivity contribution < 1.29 is 13.2 Å². The molecule has 1 aromatic heterocycles. The molecule has 1 fully saturated rings. The summed E-state index contributed by atoms with van der Waals surface area (Å²) in [5.74, 6) is 0.490. The van der Waals surface area contributed by atoms with Crippen LogP contribution in [0.4, 0.5) is 24.5 Å². The van der Waals surface area contributed by atoms with E-state index in [4.69, 9.17) is 18.0 Å². The zero-order valence-corrected chi connectivity index (χ0v) is 21.3. The van der Waals surface area contributed by atoms with E-state index in [9.17, 15) is 13.2 Å². The normalized spacial score (nSPS) is 16.2. The van der Waals surface area contributed by atoms with Gasteiger partial charge in [-0.15, -0.1) is 11.3 Å². The van der Waals surface area contributed by atoms with Gasteiger partial charge >= 0.3 is 6.18 Å². The third kappa shape index (κ3) is 5.56. The summed E-state index contributed by atoms with van der Waals surface area (Å²) in [7, 11) is 0. The Bertz CT molecular complexity index is 1150. The molecule has 0 radical (unpaired) electrons. The summed E-state index contributed by atoms with van der Waals surface area (Å²) in [6.45, 7) is 10.1. The van der Waals surface area contributed by atoms with Crippen molar-refractivity contribution in [1.82, 2.24) is 4.90 Å². The summed E-state index contributed by atoms with van der Waals surface area (Å²) >= 11 is 7.01. The molecule has 8 heteroatoms. The van der Waals surface area contributed by atoms with Crippen molar-refractivity contribution in [2.24, 2.45) is 11.1 Å². The molecule has 3 nitrogen and oxygen atoms in total. The van der Waals surface area contributed by atoms with E-state index in [0.29, 0.717) is 17.0 Å². The molecule has 1 aliphatic rings. The molecule has 34 heavy (non-hydrogen) atoms. The molecular formula is C26H30F3N3S2. The number of anilines is 2. The topological polar surface area (TPSA) is 32.5 Å². The molecule has 4 rings (SSSR count). The smallest absolute Gasteiger partial charge is 0.376 e. The zero-order valence-electron chi connectivity index (χ0n) is 19.7. The standard InChI is InChI=1S/C26H30F3N3S2/c1-25(2,3)16-31-12-10-17(11-13-31)22-15-34-23-9-8-20(14-21(22)23)32(24(30)33)19-6-4-18(5-7-19)26(27,28)29/h4-9,14-15,17H,10-13,16H2,1-3H3,(H2,30,33). The van der Waals surface area contributed by atoms with Gasteiger partial charge in [0.05, 0.1) is 5.56 Å². The van der Waals surface area contributed by atoms with Gasteiger partial charge in [-0.2, -0.15) is 13.2 Å². The third-order valence-corrected chi connectivity index (χ3v) is 7.41. The minimum atomic E-state index is -4.39. The first kappa shape index (κ1) is 24.9. The molecule has 3 aromatic rings. The van der Waals surface area contributed by atoms with Gasteiger partial charge < -0.3 is 10.6 Å². The Kier molecular flexibility index (Phi) is 6.95. The molecule has 2 aromatic carbocycles. The first-order valence-corrected chi connectivity index (χ1v) is 12.7. The molecule has 0 spiro atoms. The Balaban J connectivity index is 1.60. The average molecular weight is 506 g/mol. The Morgan fingerprint density at radius 2 is 1.68 bits per heavy atom. The van der Waals surface area contributed by atoms with Crippen molar-refractivity contribution >= 4 is 50.1 Å². The maximum Gasteiger partial charge on any atom is 0.416 e. The Labute approximate surface area is 208 Å². The number of nitrogens with zero attached hydrogens (tertiary/aromatic N) is 2. The summed E-state index contributed by atoms with van der Waals surface area (Å²) in [6.07, 6.45) is -2.16. The van der Waals surface area contributed by atoms with Crippen LogP contribution in [0.1, 0.15) is 50.7 Å². The number of nitrogens with two attached hydrogens (primary N) is 1. The fourth-order valence-electron chi connectivity index (χ4n) is 4.77. The van der Waals surface area contributed by atoms with E-state index in [2.05, 4.69) is 37.1 Å². The average Bonchev–Trinajstić information content (AvgIpc) is 3.16. The summed E-state index contributed by atoms with van der Waals surface area (Å²) in [6, 6.07) is 11.0. The first-order chi connectivity index (χ1) is 15.9. The van der Waals surface area contributed by atoms with Crippen LogP contribution in [0.3, 0.4) is 0 Å². The second kappa shape index (κ2) is 9.47. The van der Waals surface area contributed by atoms with Crippen LogP contribution in [-0.2, 0) is 6.18 Å². The van der Waals surface area contributed by atoms with Crippen LogP contribution in [-0.4, -0.2) is 29.6 Å². The minimum absolute atomic E-state index is 0.0892. The quantitative estimate of drug-likeness (QED) is 0.372. The fraction of sp³-hybridized carbons (Fsp3) is 0.423. The predicted molar refractivity (Wildman–Crippen MR) is 140 cm³/mol. The van der Waals surface area contributed by atoms with Gasteiger partial charge in [0.1, 0.15) is 0 Å². The Hall–Kier alpha value is -2.16. The zero-order chi connectivity index (χ0) is 24.7. The van der Waals surface area contributed by atoms with Crippen molar-refractivity contribution in [3.63, 3.8) is 0 Å². The molecule has 0 bridgehead atoms. The van der Waals surface area contributed by atoms with Gasteiger partial charge in [-0.05, 0) is 108 Å². The lowest BCUT2D eigenvalue weighted by atomic mass is 9.87. The molecule has 0 amide bonds. The van der Waals surface area contributed by atoms with Crippen LogP contribution in [0.2, 0.25) is 0 Å². The van der Waals surface area contributed by atoms with Crippen LogP contribution in [0.15, 0.2) is 47.8 Å². The largest absolute Gasteiger partial charge is 0.416 e. The number of hydrogen-bond donors (Lipinski definition) is 1. The van der Waals surface area contributed by atoms with Crippen molar-refractivity contribution in [2.45, 2.75) is 45.7 Å². The lowest BCUT2D eigenvalue weighted by Crippen LogP contribution is -2.38. The van der Waals surface area contributed by atoms with E-state index in [0.717, 1.165) is 50.3 Å². The summed E-state index contributed by atoms with van der Waals surface area (Å²) in [5.41, 5.74) is 8.21. The van der Waals surface area contributed by atoms with Crippen LogP contribution in [0.25, 0.3) is 10.1 Å². The number of hydrogen-bond acceptors (Lipinski definition) is 3. The molecule has 1 aliphatic heterocycles. The molecule has 2 heterocycles. The lowest BCUT2D eigenvalue weighted by Gasteiger charge is -2.36. The van der Waals surface area contributed by atoms with Gasteiger partial charge in [-0.25, -0.2) is 0 Å². The first-order valence-electron chi connectivity index (χ1n) is 11.4. The van der Waals surface area contributed by atoms with Gasteiger partial charge in [0.2, 0.25) is 0 Å². The molecule has 182 valence electrons. The number of rotatable bonds is 4. The SMILES string of the molecule is CC(C)(C)CN1CCC(c2csc3ccc(N(C(N)=S)c4ccc(C(F)(F)F)cc4)cc23)CC1. The van der Waals surface area contributed by atoms with Crippen molar-refractivity contribution in [1.29, 1.82) is 0 Å². The molecule has 0 saturated carbocycles. The van der Waals surface area contributed by atoms with E-state index in [-0.39, 0.29) is 5.11 Å². The Morgan fingerprint density at radius 3 is 2.24 bits per heavy atom.